The van der Waals surface area contributed by atoms with Crippen LogP contribution in [0.15, 0.2) is 42.5 Å². The highest BCUT2D eigenvalue weighted by atomic mass is 35.5. The molecule has 2 aromatic carbocycles. The zero-order valence-corrected chi connectivity index (χ0v) is 21.4. The fourth-order valence-electron chi connectivity index (χ4n) is 3.78. The first-order valence-corrected chi connectivity index (χ1v) is 12.6. The molecule has 1 unspecified atom stereocenters. The fraction of sp³-hybridized carbons (Fsp3) is 0.417. The summed E-state index contributed by atoms with van der Waals surface area (Å²) in [5, 5.41) is 14.8. The van der Waals surface area contributed by atoms with E-state index < -0.39 is 16.1 Å². The van der Waals surface area contributed by atoms with E-state index in [4.69, 9.17) is 4.74 Å². The van der Waals surface area contributed by atoms with Crippen molar-refractivity contribution in [1.82, 2.24) is 10.3 Å². The zero-order chi connectivity index (χ0) is 23.5. The predicted molar refractivity (Wildman–Crippen MR) is 137 cm³/mol. The minimum atomic E-state index is -3.36. The Morgan fingerprint density at radius 2 is 1.88 bits per heavy atom. The van der Waals surface area contributed by atoms with Gasteiger partial charge in [0.1, 0.15) is 12.4 Å². The summed E-state index contributed by atoms with van der Waals surface area (Å²) < 4.78 is 31.0. The van der Waals surface area contributed by atoms with Crippen LogP contribution in [0.5, 0.6) is 5.75 Å². The van der Waals surface area contributed by atoms with E-state index in [1.54, 1.807) is 24.3 Å². The number of fused-ring (bicyclic) bond motifs is 1. The maximum absolute atomic E-state index is 11.4. The van der Waals surface area contributed by atoms with Crippen molar-refractivity contribution in [2.45, 2.75) is 39.2 Å². The summed E-state index contributed by atoms with van der Waals surface area (Å²) in [5.41, 5.74) is 4.68. The number of sulfonamides is 1. The number of aromatic nitrogens is 1. The average Bonchev–Trinajstić information content (AvgIpc) is 3.03. The topological polar surface area (TPSA) is 103 Å². The number of halogens is 1. The number of H-pyrrole nitrogens is 1. The molecule has 182 valence electrons. The molecule has 33 heavy (non-hydrogen) atoms. The minimum Gasteiger partial charge on any atom is -0.492 e. The molecule has 0 fully saturated rings. The number of benzene rings is 2. The Morgan fingerprint density at radius 3 is 2.55 bits per heavy atom. The van der Waals surface area contributed by atoms with Crippen molar-refractivity contribution in [2.75, 3.05) is 30.7 Å². The lowest BCUT2D eigenvalue weighted by Crippen LogP contribution is -2.26. The van der Waals surface area contributed by atoms with Crippen molar-refractivity contribution in [3.05, 3.63) is 59.3 Å². The van der Waals surface area contributed by atoms with Gasteiger partial charge in [0.05, 0.1) is 12.4 Å². The van der Waals surface area contributed by atoms with Gasteiger partial charge in [-0.3, -0.25) is 4.72 Å². The molecule has 3 aromatic rings. The number of anilines is 1. The van der Waals surface area contributed by atoms with Crippen LogP contribution < -0.4 is 14.8 Å². The summed E-state index contributed by atoms with van der Waals surface area (Å²) in [4.78, 5) is 3.53. The van der Waals surface area contributed by atoms with Crippen molar-refractivity contribution < 1.29 is 18.3 Å². The van der Waals surface area contributed by atoms with Gasteiger partial charge >= 0.3 is 0 Å². The lowest BCUT2D eigenvalue weighted by Gasteiger charge is -2.17. The standard InChI is InChI=1S/C24H33N3O4S.ClH/c1-16-20-10-9-19(14-21(20)26-23(16)24(2,3)4)31-12-11-25-15-22(28)17-7-6-8-18(13-17)27-32(5,29)30;/h6-10,13-14,22,25-28H,11-12,15H2,1-5H3;1H. The Morgan fingerprint density at radius 1 is 1.15 bits per heavy atom. The van der Waals surface area contributed by atoms with E-state index in [9.17, 15) is 13.5 Å². The van der Waals surface area contributed by atoms with Gasteiger partial charge in [-0.2, -0.15) is 0 Å². The van der Waals surface area contributed by atoms with E-state index in [2.05, 4.69) is 48.8 Å². The number of aliphatic hydroxyl groups is 1. The highest BCUT2D eigenvalue weighted by molar-refractivity contribution is 7.92. The lowest BCUT2D eigenvalue weighted by molar-refractivity contribution is 0.172. The van der Waals surface area contributed by atoms with E-state index in [0.717, 1.165) is 17.5 Å². The summed E-state index contributed by atoms with van der Waals surface area (Å²) in [6.45, 7) is 10.1. The first kappa shape index (κ1) is 27.0. The predicted octanol–water partition coefficient (Wildman–Crippen LogP) is 4.27. The van der Waals surface area contributed by atoms with E-state index in [1.807, 2.05) is 12.1 Å². The Balaban J connectivity index is 0.00000385. The maximum Gasteiger partial charge on any atom is 0.229 e. The van der Waals surface area contributed by atoms with Gasteiger partial charge in [0, 0.05) is 46.9 Å². The highest BCUT2D eigenvalue weighted by Gasteiger charge is 2.20. The third-order valence-electron chi connectivity index (χ3n) is 5.24. The molecule has 3 rings (SSSR count). The van der Waals surface area contributed by atoms with E-state index in [0.29, 0.717) is 30.9 Å². The summed E-state index contributed by atoms with van der Waals surface area (Å²) >= 11 is 0. The Bertz CT molecular complexity index is 1190. The van der Waals surface area contributed by atoms with Gasteiger partial charge in [0.15, 0.2) is 0 Å². The quantitative estimate of drug-likeness (QED) is 0.332. The summed E-state index contributed by atoms with van der Waals surface area (Å²) in [5.74, 6) is 0.793. The van der Waals surface area contributed by atoms with Crippen LogP contribution in [0, 0.1) is 6.92 Å². The second kappa shape index (κ2) is 10.8. The Labute approximate surface area is 202 Å². The molecule has 9 heteroatoms. The van der Waals surface area contributed by atoms with Crippen LogP contribution >= 0.6 is 12.4 Å². The number of aromatic amines is 1. The second-order valence-electron chi connectivity index (χ2n) is 9.15. The summed E-state index contributed by atoms with van der Waals surface area (Å²) in [7, 11) is -3.36. The van der Waals surface area contributed by atoms with Gasteiger partial charge in [-0.1, -0.05) is 32.9 Å². The lowest BCUT2D eigenvalue weighted by atomic mass is 9.89. The van der Waals surface area contributed by atoms with Gasteiger partial charge in [0.2, 0.25) is 10.0 Å². The van der Waals surface area contributed by atoms with Crippen molar-refractivity contribution in [1.29, 1.82) is 0 Å². The SMILES string of the molecule is Cc1c(C(C)(C)C)[nH]c2cc(OCCNCC(O)c3cccc(NS(C)(=O)=O)c3)ccc12.Cl. The van der Waals surface area contributed by atoms with Gasteiger partial charge < -0.3 is 20.1 Å². The molecule has 0 saturated carbocycles. The maximum atomic E-state index is 11.4. The molecule has 0 amide bonds. The minimum absolute atomic E-state index is 0. The molecule has 1 aromatic heterocycles. The number of rotatable bonds is 9. The Kier molecular flexibility index (Phi) is 8.81. The van der Waals surface area contributed by atoms with E-state index in [1.165, 1.54) is 16.6 Å². The number of aliphatic hydroxyl groups excluding tert-OH is 1. The largest absolute Gasteiger partial charge is 0.492 e. The van der Waals surface area contributed by atoms with Crippen LogP contribution in [-0.4, -0.2) is 44.5 Å². The number of nitrogens with one attached hydrogen (secondary N) is 3. The fourth-order valence-corrected chi connectivity index (χ4v) is 4.33. The Hall–Kier alpha value is -2.26. The molecule has 0 spiro atoms. The van der Waals surface area contributed by atoms with E-state index in [-0.39, 0.29) is 17.8 Å². The third-order valence-corrected chi connectivity index (χ3v) is 5.85. The zero-order valence-electron chi connectivity index (χ0n) is 19.7. The first-order chi connectivity index (χ1) is 14.9. The van der Waals surface area contributed by atoms with Crippen LogP contribution in [0.4, 0.5) is 5.69 Å². The molecule has 0 saturated heterocycles. The first-order valence-electron chi connectivity index (χ1n) is 10.7. The average molecular weight is 496 g/mol. The normalized spacial score (nSPS) is 12.9. The van der Waals surface area contributed by atoms with Gasteiger partial charge in [0.25, 0.3) is 0 Å². The molecule has 0 radical (unpaired) electrons. The van der Waals surface area contributed by atoms with Crippen molar-refractivity contribution >= 4 is 39.0 Å². The van der Waals surface area contributed by atoms with Crippen LogP contribution in [0.2, 0.25) is 0 Å². The monoisotopic (exact) mass is 495 g/mol. The van der Waals surface area contributed by atoms with E-state index >= 15 is 0 Å². The third kappa shape index (κ3) is 7.37. The highest BCUT2D eigenvalue weighted by Crippen LogP contribution is 2.32. The number of hydrogen-bond donors (Lipinski definition) is 4. The molecule has 0 aliphatic rings. The molecular weight excluding hydrogens is 462 g/mol. The number of aryl methyl sites for hydroxylation is 1. The van der Waals surface area contributed by atoms with Crippen molar-refractivity contribution in [2.24, 2.45) is 0 Å². The number of ether oxygens (including phenoxy) is 1. The van der Waals surface area contributed by atoms with Crippen LogP contribution in [0.1, 0.15) is 43.7 Å². The second-order valence-corrected chi connectivity index (χ2v) is 10.9. The number of hydrogen-bond acceptors (Lipinski definition) is 5. The molecule has 1 atom stereocenters. The summed E-state index contributed by atoms with van der Waals surface area (Å²) in [6, 6.07) is 12.8. The smallest absolute Gasteiger partial charge is 0.229 e. The molecule has 4 N–H and O–H groups in total. The molecule has 7 nitrogen and oxygen atoms in total. The van der Waals surface area contributed by atoms with Crippen LogP contribution in [-0.2, 0) is 15.4 Å². The van der Waals surface area contributed by atoms with Gasteiger partial charge in [-0.05, 0) is 42.3 Å². The molecule has 0 aliphatic carbocycles. The molecule has 1 heterocycles. The van der Waals surface area contributed by atoms with Gasteiger partial charge in [-0.25, -0.2) is 8.42 Å². The molecule has 0 aliphatic heterocycles. The van der Waals surface area contributed by atoms with Crippen molar-refractivity contribution in [3.63, 3.8) is 0 Å². The summed E-state index contributed by atoms with van der Waals surface area (Å²) in [6.07, 6.45) is 0.334. The molecule has 0 bridgehead atoms. The van der Waals surface area contributed by atoms with Crippen LogP contribution in [0.25, 0.3) is 10.9 Å². The van der Waals surface area contributed by atoms with Gasteiger partial charge in [-0.15, -0.1) is 12.4 Å². The molecular formula is C24H34ClN3O4S. The van der Waals surface area contributed by atoms with Crippen LogP contribution in [0.3, 0.4) is 0 Å². The van der Waals surface area contributed by atoms with Crippen molar-refractivity contribution in [3.8, 4) is 5.75 Å².